The average Bonchev–Trinajstić information content (AvgIpc) is 2.15. The largest absolute Gasteiger partial charge is 0.385 e. The molecular weight excluding hydrogens is 189 g/mol. The van der Waals surface area contributed by atoms with E-state index in [4.69, 9.17) is 0 Å². The van der Waals surface area contributed by atoms with E-state index >= 15 is 0 Å². The van der Waals surface area contributed by atoms with E-state index in [2.05, 4.69) is 26.1 Å². The zero-order chi connectivity index (χ0) is 11.1. The second kappa shape index (κ2) is 3.51. The van der Waals surface area contributed by atoms with Gasteiger partial charge in [0.25, 0.3) is 0 Å². The highest BCUT2D eigenvalue weighted by molar-refractivity contribution is 5.55. The minimum absolute atomic E-state index is 0.157. The smallest absolute Gasteiger partial charge is 0.125 e. The van der Waals surface area contributed by atoms with E-state index in [0.717, 1.165) is 18.7 Å². The molecule has 1 aromatic carbocycles. The lowest BCUT2D eigenvalue weighted by Gasteiger charge is -2.36. The van der Waals surface area contributed by atoms with Crippen LogP contribution in [0.5, 0.6) is 0 Å². The number of rotatable bonds is 0. The van der Waals surface area contributed by atoms with Crippen molar-refractivity contribution in [2.45, 2.75) is 33.1 Å². The molecule has 1 nitrogen and oxygen atoms in total. The molecule has 0 aromatic heterocycles. The van der Waals surface area contributed by atoms with Crippen LogP contribution in [0.2, 0.25) is 0 Å². The van der Waals surface area contributed by atoms with E-state index in [1.807, 2.05) is 6.07 Å². The van der Waals surface area contributed by atoms with Gasteiger partial charge in [-0.3, -0.25) is 0 Å². The Balaban J connectivity index is 2.43. The van der Waals surface area contributed by atoms with E-state index in [-0.39, 0.29) is 11.2 Å². The summed E-state index contributed by atoms with van der Waals surface area (Å²) in [4.78, 5) is 0. The molecule has 1 atom stereocenters. The molecule has 2 rings (SSSR count). The molecule has 1 unspecified atom stereocenters. The van der Waals surface area contributed by atoms with Crippen LogP contribution < -0.4 is 5.32 Å². The second-order valence-corrected chi connectivity index (χ2v) is 5.37. The summed E-state index contributed by atoms with van der Waals surface area (Å²) in [5.74, 6) is 0.366. The molecular formula is C13H18FN. The van der Waals surface area contributed by atoms with Gasteiger partial charge in [0, 0.05) is 12.2 Å². The summed E-state index contributed by atoms with van der Waals surface area (Å²) in [5.41, 5.74) is 2.48. The summed E-state index contributed by atoms with van der Waals surface area (Å²) in [6.45, 7) is 7.68. The van der Waals surface area contributed by atoms with Crippen molar-refractivity contribution in [3.05, 3.63) is 29.6 Å². The van der Waals surface area contributed by atoms with Gasteiger partial charge in [0.2, 0.25) is 0 Å². The lowest BCUT2D eigenvalue weighted by molar-refractivity contribution is 0.305. The fraction of sp³-hybridized carbons (Fsp3) is 0.538. The quantitative estimate of drug-likeness (QED) is 0.682. The molecule has 1 aromatic rings. The molecule has 0 fully saturated rings. The van der Waals surface area contributed by atoms with Crippen molar-refractivity contribution in [2.24, 2.45) is 5.41 Å². The van der Waals surface area contributed by atoms with Gasteiger partial charge in [0.05, 0.1) is 0 Å². The maximum atomic E-state index is 13.1. The molecule has 1 aliphatic rings. The van der Waals surface area contributed by atoms with Gasteiger partial charge in [-0.15, -0.1) is 0 Å². The molecule has 1 aliphatic heterocycles. The highest BCUT2D eigenvalue weighted by Gasteiger charge is 2.30. The van der Waals surface area contributed by atoms with Crippen molar-refractivity contribution in [1.82, 2.24) is 0 Å². The van der Waals surface area contributed by atoms with Crippen molar-refractivity contribution in [3.63, 3.8) is 0 Å². The van der Waals surface area contributed by atoms with Crippen molar-refractivity contribution in [3.8, 4) is 0 Å². The number of benzene rings is 1. The molecule has 0 aliphatic carbocycles. The number of fused-ring (bicyclic) bond motifs is 1. The molecule has 1 N–H and O–H groups in total. The minimum Gasteiger partial charge on any atom is -0.385 e. The number of hydrogen-bond donors (Lipinski definition) is 1. The first-order chi connectivity index (χ1) is 6.98. The summed E-state index contributed by atoms with van der Waals surface area (Å²) in [6, 6.07) is 5.09. The monoisotopic (exact) mass is 207 g/mol. The lowest BCUT2D eigenvalue weighted by Crippen LogP contribution is -2.26. The molecule has 15 heavy (non-hydrogen) atoms. The third kappa shape index (κ3) is 1.99. The SMILES string of the molecule is CC(C)(C)C1CCNc2cc(F)ccc21. The van der Waals surface area contributed by atoms with E-state index in [1.165, 1.54) is 5.56 Å². The molecule has 0 saturated carbocycles. The molecule has 0 bridgehead atoms. The summed E-state index contributed by atoms with van der Waals surface area (Å²) in [7, 11) is 0. The molecule has 82 valence electrons. The molecule has 0 amide bonds. The predicted octanol–water partition coefficient (Wildman–Crippen LogP) is 3.77. The van der Waals surface area contributed by atoms with Gasteiger partial charge in [0.1, 0.15) is 5.82 Å². The topological polar surface area (TPSA) is 12.0 Å². The first-order valence-electron chi connectivity index (χ1n) is 5.52. The van der Waals surface area contributed by atoms with Crippen molar-refractivity contribution < 1.29 is 4.39 Å². The van der Waals surface area contributed by atoms with Crippen LogP contribution in [0.1, 0.15) is 38.7 Å². The maximum Gasteiger partial charge on any atom is 0.125 e. The zero-order valence-electron chi connectivity index (χ0n) is 9.60. The highest BCUT2D eigenvalue weighted by Crippen LogP contribution is 2.43. The average molecular weight is 207 g/mol. The van der Waals surface area contributed by atoms with Gasteiger partial charge in [-0.05, 0) is 35.4 Å². The Hall–Kier alpha value is -1.05. The normalized spacial score (nSPS) is 20.7. The number of nitrogens with one attached hydrogen (secondary N) is 1. The van der Waals surface area contributed by atoms with Gasteiger partial charge in [0.15, 0.2) is 0 Å². The molecule has 0 spiro atoms. The fourth-order valence-electron chi connectivity index (χ4n) is 2.39. The summed E-state index contributed by atoms with van der Waals surface area (Å²) in [6.07, 6.45) is 1.13. The van der Waals surface area contributed by atoms with E-state index in [9.17, 15) is 4.39 Å². The van der Waals surface area contributed by atoms with Gasteiger partial charge in [-0.25, -0.2) is 4.39 Å². The van der Waals surface area contributed by atoms with Crippen molar-refractivity contribution in [1.29, 1.82) is 0 Å². The standard InChI is InChI=1S/C13H18FN/c1-13(2,3)11-6-7-15-12-8-9(14)4-5-10(11)12/h4-5,8,11,15H,6-7H2,1-3H3. The number of anilines is 1. The maximum absolute atomic E-state index is 13.1. The lowest BCUT2D eigenvalue weighted by atomic mass is 9.73. The Bertz CT molecular complexity index is 365. The van der Waals surface area contributed by atoms with Crippen LogP contribution in [0.4, 0.5) is 10.1 Å². The van der Waals surface area contributed by atoms with Crippen LogP contribution >= 0.6 is 0 Å². The molecule has 0 saturated heterocycles. The third-order valence-corrected chi connectivity index (χ3v) is 3.18. The van der Waals surface area contributed by atoms with Gasteiger partial charge in [-0.2, -0.15) is 0 Å². The third-order valence-electron chi connectivity index (χ3n) is 3.18. The van der Waals surface area contributed by atoms with Gasteiger partial charge in [-0.1, -0.05) is 26.8 Å². The van der Waals surface area contributed by atoms with Crippen LogP contribution in [0.25, 0.3) is 0 Å². The van der Waals surface area contributed by atoms with Crippen LogP contribution in [0.3, 0.4) is 0 Å². The summed E-state index contributed by atoms with van der Waals surface area (Å²) >= 11 is 0. The van der Waals surface area contributed by atoms with E-state index < -0.39 is 0 Å². The van der Waals surface area contributed by atoms with Crippen molar-refractivity contribution in [2.75, 3.05) is 11.9 Å². The van der Waals surface area contributed by atoms with Crippen LogP contribution in [-0.2, 0) is 0 Å². The van der Waals surface area contributed by atoms with Gasteiger partial charge < -0.3 is 5.32 Å². The first kappa shape index (κ1) is 10.5. The Labute approximate surface area is 90.7 Å². The number of hydrogen-bond acceptors (Lipinski definition) is 1. The summed E-state index contributed by atoms with van der Waals surface area (Å²) in [5, 5.41) is 3.27. The van der Waals surface area contributed by atoms with E-state index in [1.54, 1.807) is 12.1 Å². The van der Waals surface area contributed by atoms with Crippen LogP contribution in [0.15, 0.2) is 18.2 Å². The minimum atomic E-state index is -0.157. The Kier molecular flexibility index (Phi) is 2.45. The highest BCUT2D eigenvalue weighted by atomic mass is 19.1. The summed E-state index contributed by atoms with van der Waals surface area (Å²) < 4.78 is 13.1. The van der Waals surface area contributed by atoms with Crippen molar-refractivity contribution >= 4 is 5.69 Å². The van der Waals surface area contributed by atoms with Gasteiger partial charge >= 0.3 is 0 Å². The molecule has 0 radical (unpaired) electrons. The fourth-order valence-corrected chi connectivity index (χ4v) is 2.39. The first-order valence-corrected chi connectivity index (χ1v) is 5.52. The zero-order valence-corrected chi connectivity index (χ0v) is 9.60. The Morgan fingerprint density at radius 3 is 2.73 bits per heavy atom. The molecule has 1 heterocycles. The molecule has 2 heteroatoms. The Morgan fingerprint density at radius 1 is 1.33 bits per heavy atom. The van der Waals surface area contributed by atoms with Crippen LogP contribution in [-0.4, -0.2) is 6.54 Å². The number of halogens is 1. The van der Waals surface area contributed by atoms with Crippen LogP contribution in [0, 0.1) is 11.2 Å². The Morgan fingerprint density at radius 2 is 2.07 bits per heavy atom. The van der Waals surface area contributed by atoms with E-state index in [0.29, 0.717) is 5.92 Å². The predicted molar refractivity (Wildman–Crippen MR) is 61.7 cm³/mol. The second-order valence-electron chi connectivity index (χ2n) is 5.37.